The number of urea groups is 1. The summed E-state index contributed by atoms with van der Waals surface area (Å²) < 4.78 is 6.00. The molecular weight excluding hydrogens is 424 g/mol. The van der Waals surface area contributed by atoms with Crippen LogP contribution in [0.4, 0.5) is 15.6 Å². The number of nitrogens with one attached hydrogen (secondary N) is 3. The van der Waals surface area contributed by atoms with Gasteiger partial charge >= 0.3 is 6.03 Å². The van der Waals surface area contributed by atoms with Crippen molar-refractivity contribution in [3.8, 4) is 5.75 Å². The number of fused-ring (bicyclic) bond motifs is 1. The zero-order valence-corrected chi connectivity index (χ0v) is 18.2. The molecule has 1 heterocycles. The summed E-state index contributed by atoms with van der Waals surface area (Å²) in [5, 5.41) is 9.02. The molecule has 0 radical (unpaired) electrons. The fourth-order valence-corrected chi connectivity index (χ4v) is 4.02. The van der Waals surface area contributed by atoms with E-state index in [2.05, 4.69) is 20.9 Å². The van der Waals surface area contributed by atoms with E-state index in [0.717, 1.165) is 27.1 Å². The lowest BCUT2D eigenvalue weighted by molar-refractivity contribution is -0.115. The van der Waals surface area contributed by atoms with Gasteiger partial charge in [-0.2, -0.15) is 0 Å². The molecule has 4 rings (SSSR count). The quantitative estimate of drug-likeness (QED) is 0.380. The molecular formula is C24H22N4O3S. The van der Waals surface area contributed by atoms with E-state index < -0.39 is 0 Å². The number of rotatable bonds is 7. The Balaban J connectivity index is 1.34. The van der Waals surface area contributed by atoms with Crippen molar-refractivity contribution in [1.82, 2.24) is 10.3 Å². The molecule has 3 aromatic carbocycles. The van der Waals surface area contributed by atoms with E-state index in [9.17, 15) is 9.59 Å². The highest BCUT2D eigenvalue weighted by Crippen LogP contribution is 2.28. The van der Waals surface area contributed by atoms with E-state index in [-0.39, 0.29) is 18.4 Å². The number of carbonyl (C=O) groups is 2. The van der Waals surface area contributed by atoms with Gasteiger partial charge in [-0.3, -0.25) is 4.79 Å². The van der Waals surface area contributed by atoms with Gasteiger partial charge in [-0.25, -0.2) is 9.78 Å². The number of amides is 3. The smallest absolute Gasteiger partial charge is 0.319 e. The van der Waals surface area contributed by atoms with E-state index in [0.29, 0.717) is 17.4 Å². The van der Waals surface area contributed by atoms with Crippen molar-refractivity contribution < 1.29 is 14.3 Å². The molecule has 162 valence electrons. The highest BCUT2D eigenvalue weighted by Gasteiger charge is 2.10. The molecule has 0 unspecified atom stereocenters. The van der Waals surface area contributed by atoms with Crippen molar-refractivity contribution in [2.24, 2.45) is 0 Å². The van der Waals surface area contributed by atoms with Gasteiger partial charge in [0.15, 0.2) is 5.13 Å². The van der Waals surface area contributed by atoms with Crippen LogP contribution in [0.3, 0.4) is 0 Å². The summed E-state index contributed by atoms with van der Waals surface area (Å²) in [6.45, 7) is 0.444. The molecule has 0 bridgehead atoms. The molecule has 0 aliphatic heterocycles. The van der Waals surface area contributed by atoms with Crippen LogP contribution in [0.5, 0.6) is 5.75 Å². The van der Waals surface area contributed by atoms with Gasteiger partial charge in [0.25, 0.3) is 0 Å². The van der Waals surface area contributed by atoms with Gasteiger partial charge in [0.1, 0.15) is 5.75 Å². The van der Waals surface area contributed by atoms with Crippen LogP contribution in [0.15, 0.2) is 72.8 Å². The Morgan fingerprint density at radius 1 is 0.938 bits per heavy atom. The Morgan fingerprint density at radius 3 is 2.47 bits per heavy atom. The van der Waals surface area contributed by atoms with Gasteiger partial charge in [0.2, 0.25) is 5.91 Å². The van der Waals surface area contributed by atoms with Crippen molar-refractivity contribution in [3.05, 3.63) is 83.9 Å². The number of carbonyl (C=O) groups excluding carboxylic acids is 2. The Bertz CT molecular complexity index is 1220. The maximum atomic E-state index is 12.4. The molecule has 4 aromatic rings. The molecule has 3 N–H and O–H groups in total. The maximum absolute atomic E-state index is 12.4. The van der Waals surface area contributed by atoms with E-state index in [1.165, 1.54) is 11.3 Å². The third-order valence-corrected chi connectivity index (χ3v) is 5.65. The van der Waals surface area contributed by atoms with Gasteiger partial charge in [0.05, 0.1) is 23.7 Å². The summed E-state index contributed by atoms with van der Waals surface area (Å²) in [6.07, 6.45) is 0.244. The Hall–Kier alpha value is -3.91. The highest BCUT2D eigenvalue weighted by molar-refractivity contribution is 7.22. The number of anilines is 2. The number of ether oxygens (including phenoxy) is 1. The standard InChI is InChI=1S/C24H22N4O3S/c1-31-19-10-7-16(8-11-19)13-22(29)28-24-27-20-12-9-18(14-21(20)32-24)26-23(30)25-15-17-5-3-2-4-6-17/h2-12,14H,13,15H2,1H3,(H2,25,26,30)(H,27,28,29). The summed E-state index contributed by atoms with van der Waals surface area (Å²) >= 11 is 1.36. The highest BCUT2D eigenvalue weighted by atomic mass is 32.1. The summed E-state index contributed by atoms with van der Waals surface area (Å²) in [6, 6.07) is 22.2. The van der Waals surface area contributed by atoms with Gasteiger partial charge in [-0.05, 0) is 41.5 Å². The largest absolute Gasteiger partial charge is 0.497 e. The fourth-order valence-electron chi connectivity index (χ4n) is 3.10. The number of hydrogen-bond acceptors (Lipinski definition) is 5. The maximum Gasteiger partial charge on any atom is 0.319 e. The Labute approximate surface area is 189 Å². The number of benzene rings is 3. The van der Waals surface area contributed by atoms with Crippen molar-refractivity contribution >= 4 is 44.3 Å². The van der Waals surface area contributed by atoms with Crippen LogP contribution in [0.1, 0.15) is 11.1 Å². The minimum Gasteiger partial charge on any atom is -0.497 e. The third-order valence-electron chi connectivity index (χ3n) is 4.71. The molecule has 0 saturated heterocycles. The van der Waals surface area contributed by atoms with Gasteiger partial charge in [-0.1, -0.05) is 53.8 Å². The van der Waals surface area contributed by atoms with Crippen LogP contribution in [0, 0.1) is 0 Å². The first-order chi connectivity index (χ1) is 15.6. The number of aromatic nitrogens is 1. The van der Waals surface area contributed by atoms with E-state index >= 15 is 0 Å². The van der Waals surface area contributed by atoms with Gasteiger partial charge < -0.3 is 20.7 Å². The van der Waals surface area contributed by atoms with Crippen molar-refractivity contribution in [2.45, 2.75) is 13.0 Å². The lowest BCUT2D eigenvalue weighted by Gasteiger charge is -2.07. The molecule has 0 fully saturated rings. The number of nitrogens with zero attached hydrogens (tertiary/aromatic N) is 1. The van der Waals surface area contributed by atoms with Crippen molar-refractivity contribution in [2.75, 3.05) is 17.7 Å². The number of thiazole rings is 1. The third kappa shape index (κ3) is 5.61. The van der Waals surface area contributed by atoms with E-state index in [1.54, 1.807) is 13.2 Å². The van der Waals surface area contributed by atoms with Crippen molar-refractivity contribution in [3.63, 3.8) is 0 Å². The second kappa shape index (κ2) is 9.93. The first kappa shape index (κ1) is 21.3. The molecule has 0 aliphatic rings. The fraction of sp³-hybridized carbons (Fsp3) is 0.125. The summed E-state index contributed by atoms with van der Waals surface area (Å²) in [5.74, 6) is 0.603. The molecule has 8 heteroatoms. The first-order valence-corrected chi connectivity index (χ1v) is 10.8. The van der Waals surface area contributed by atoms with E-state index in [4.69, 9.17) is 4.74 Å². The Morgan fingerprint density at radius 2 is 1.72 bits per heavy atom. The molecule has 32 heavy (non-hydrogen) atoms. The van der Waals surface area contributed by atoms with Crippen LogP contribution in [0.25, 0.3) is 10.2 Å². The molecule has 3 amide bonds. The SMILES string of the molecule is COc1ccc(CC(=O)Nc2nc3ccc(NC(=O)NCc4ccccc4)cc3s2)cc1. The zero-order chi connectivity index (χ0) is 22.3. The molecule has 7 nitrogen and oxygen atoms in total. The monoisotopic (exact) mass is 446 g/mol. The lowest BCUT2D eigenvalue weighted by atomic mass is 10.1. The average Bonchev–Trinajstić information content (AvgIpc) is 3.20. The number of hydrogen-bond donors (Lipinski definition) is 3. The molecule has 0 aliphatic carbocycles. The second-order valence-corrected chi connectivity index (χ2v) is 8.10. The first-order valence-electron chi connectivity index (χ1n) is 10.0. The van der Waals surface area contributed by atoms with Gasteiger partial charge in [0, 0.05) is 12.2 Å². The van der Waals surface area contributed by atoms with Crippen molar-refractivity contribution in [1.29, 1.82) is 0 Å². The summed E-state index contributed by atoms with van der Waals surface area (Å²) in [5.41, 5.74) is 3.32. The molecule has 0 saturated carbocycles. The van der Waals surface area contributed by atoms with Crippen LogP contribution in [0.2, 0.25) is 0 Å². The lowest BCUT2D eigenvalue weighted by Crippen LogP contribution is -2.28. The van der Waals surface area contributed by atoms with Gasteiger partial charge in [-0.15, -0.1) is 0 Å². The number of methoxy groups -OCH3 is 1. The van der Waals surface area contributed by atoms with Crippen LogP contribution in [-0.2, 0) is 17.8 Å². The van der Waals surface area contributed by atoms with E-state index in [1.807, 2.05) is 66.7 Å². The minimum absolute atomic E-state index is 0.145. The minimum atomic E-state index is -0.286. The average molecular weight is 447 g/mol. The van der Waals surface area contributed by atoms with Crippen LogP contribution >= 0.6 is 11.3 Å². The van der Waals surface area contributed by atoms with Crippen LogP contribution in [-0.4, -0.2) is 24.0 Å². The summed E-state index contributed by atoms with van der Waals surface area (Å²) in [7, 11) is 1.60. The Kier molecular flexibility index (Phi) is 6.62. The topological polar surface area (TPSA) is 92.3 Å². The predicted octanol–water partition coefficient (Wildman–Crippen LogP) is 4.81. The second-order valence-electron chi connectivity index (χ2n) is 7.07. The van der Waals surface area contributed by atoms with Crippen LogP contribution < -0.4 is 20.7 Å². The normalized spacial score (nSPS) is 10.5. The molecule has 1 aromatic heterocycles. The summed E-state index contributed by atoms with van der Waals surface area (Å²) in [4.78, 5) is 29.0. The predicted molar refractivity (Wildman–Crippen MR) is 127 cm³/mol. The zero-order valence-electron chi connectivity index (χ0n) is 17.4. The molecule has 0 spiro atoms. The molecule has 0 atom stereocenters.